The van der Waals surface area contributed by atoms with Crippen LogP contribution >= 0.6 is 11.3 Å². The molecule has 31 heavy (non-hydrogen) atoms. The Hall–Kier alpha value is -2.56. The third kappa shape index (κ3) is 4.70. The molecule has 0 radical (unpaired) electrons. The molecule has 2 N–H and O–H groups in total. The number of carbonyl (C=O) groups is 1. The number of nitrogens with one attached hydrogen (secondary N) is 2. The number of nitrogens with zero attached hydrogens (tertiary/aromatic N) is 2. The molecular weight excluding hydrogens is 436 g/mol. The van der Waals surface area contributed by atoms with Gasteiger partial charge in [0.2, 0.25) is 27.6 Å². The molecule has 0 spiro atoms. The number of carbonyl (C=O) groups excluding carboxylic acids is 1. The number of rotatable bonds is 7. The SMILES string of the molecule is CCc1nc(-c2cc(S(=O)(=O)NCC(=O)N[C@@H]3CCCc4ccccc43)c(C)s2)no1. The van der Waals surface area contributed by atoms with Crippen LogP contribution in [0.25, 0.3) is 10.7 Å². The van der Waals surface area contributed by atoms with Gasteiger partial charge >= 0.3 is 0 Å². The first-order valence-corrected chi connectivity index (χ1v) is 12.5. The highest BCUT2D eigenvalue weighted by molar-refractivity contribution is 7.89. The van der Waals surface area contributed by atoms with Gasteiger partial charge in [0.1, 0.15) is 0 Å². The normalized spacial score (nSPS) is 16.1. The molecule has 164 valence electrons. The van der Waals surface area contributed by atoms with Crippen LogP contribution in [-0.4, -0.2) is 31.0 Å². The van der Waals surface area contributed by atoms with E-state index in [4.69, 9.17) is 4.52 Å². The van der Waals surface area contributed by atoms with Crippen molar-refractivity contribution in [3.63, 3.8) is 0 Å². The zero-order valence-electron chi connectivity index (χ0n) is 17.3. The molecule has 0 aliphatic heterocycles. The van der Waals surface area contributed by atoms with Gasteiger partial charge in [0.15, 0.2) is 0 Å². The molecular formula is C21H24N4O4S2. The van der Waals surface area contributed by atoms with Crippen molar-refractivity contribution in [2.24, 2.45) is 0 Å². The van der Waals surface area contributed by atoms with E-state index in [9.17, 15) is 13.2 Å². The summed E-state index contributed by atoms with van der Waals surface area (Å²) in [6, 6.07) is 9.45. The quantitative estimate of drug-likeness (QED) is 0.560. The molecule has 1 aliphatic rings. The van der Waals surface area contributed by atoms with E-state index in [1.165, 1.54) is 23.0 Å². The van der Waals surface area contributed by atoms with Crippen LogP contribution in [0.2, 0.25) is 0 Å². The zero-order chi connectivity index (χ0) is 22.0. The van der Waals surface area contributed by atoms with E-state index < -0.39 is 10.0 Å². The minimum absolute atomic E-state index is 0.0950. The van der Waals surface area contributed by atoms with Crippen molar-refractivity contribution in [1.82, 2.24) is 20.2 Å². The van der Waals surface area contributed by atoms with E-state index in [0.29, 0.717) is 27.9 Å². The summed E-state index contributed by atoms with van der Waals surface area (Å²) in [5.41, 5.74) is 2.34. The van der Waals surface area contributed by atoms with E-state index in [1.807, 2.05) is 25.1 Å². The predicted octanol–water partition coefficient (Wildman–Crippen LogP) is 3.14. The molecule has 0 bridgehead atoms. The van der Waals surface area contributed by atoms with E-state index in [-0.39, 0.29) is 23.4 Å². The van der Waals surface area contributed by atoms with Crippen molar-refractivity contribution in [3.8, 4) is 10.7 Å². The largest absolute Gasteiger partial charge is 0.348 e. The average molecular weight is 461 g/mol. The Morgan fingerprint density at radius 1 is 1.32 bits per heavy atom. The number of aromatic nitrogens is 2. The van der Waals surface area contributed by atoms with E-state index >= 15 is 0 Å². The van der Waals surface area contributed by atoms with E-state index in [2.05, 4.69) is 26.2 Å². The molecule has 1 aliphatic carbocycles. The minimum Gasteiger partial charge on any atom is -0.348 e. The van der Waals surface area contributed by atoms with Crippen LogP contribution < -0.4 is 10.0 Å². The minimum atomic E-state index is -3.86. The highest BCUT2D eigenvalue weighted by Gasteiger charge is 2.25. The van der Waals surface area contributed by atoms with E-state index in [1.54, 1.807) is 6.92 Å². The summed E-state index contributed by atoms with van der Waals surface area (Å²) in [4.78, 5) is 18.0. The van der Waals surface area contributed by atoms with Crippen LogP contribution in [0.4, 0.5) is 0 Å². The second kappa shape index (κ2) is 8.89. The molecule has 1 amide bonds. The van der Waals surface area contributed by atoms with Crippen molar-refractivity contribution in [3.05, 3.63) is 52.2 Å². The Balaban J connectivity index is 1.42. The van der Waals surface area contributed by atoms with Gasteiger partial charge in [0.05, 0.1) is 22.4 Å². The van der Waals surface area contributed by atoms with Crippen LogP contribution in [0.15, 0.2) is 39.8 Å². The molecule has 0 saturated carbocycles. The highest BCUT2D eigenvalue weighted by Crippen LogP contribution is 2.32. The number of hydrogen-bond donors (Lipinski definition) is 2. The smallest absolute Gasteiger partial charge is 0.242 e. The van der Waals surface area contributed by atoms with Gasteiger partial charge in [-0.2, -0.15) is 4.98 Å². The standard InChI is InChI=1S/C21H24N4O4S2/c1-3-20-24-21(25-29-20)17-11-18(13(2)30-17)31(27,28)22-12-19(26)23-16-10-6-8-14-7-4-5-9-15(14)16/h4-5,7,9,11,16,22H,3,6,8,10,12H2,1-2H3,(H,23,26)/t16-/m1/s1. The Morgan fingerprint density at radius 2 is 2.13 bits per heavy atom. The number of thiophene rings is 1. The Morgan fingerprint density at radius 3 is 2.90 bits per heavy atom. The molecule has 2 aromatic heterocycles. The average Bonchev–Trinajstić information content (AvgIpc) is 3.39. The van der Waals surface area contributed by atoms with Crippen LogP contribution in [0.5, 0.6) is 0 Å². The Labute approximate surface area is 185 Å². The monoisotopic (exact) mass is 460 g/mol. The predicted molar refractivity (Wildman–Crippen MR) is 117 cm³/mol. The van der Waals surface area contributed by atoms with Gasteiger partial charge in [-0.1, -0.05) is 36.3 Å². The molecule has 1 aromatic carbocycles. The zero-order valence-corrected chi connectivity index (χ0v) is 19.0. The first kappa shape index (κ1) is 21.7. The van der Waals surface area contributed by atoms with E-state index in [0.717, 1.165) is 24.8 Å². The van der Waals surface area contributed by atoms with Crippen LogP contribution in [0.3, 0.4) is 0 Å². The molecule has 0 saturated heterocycles. The van der Waals surface area contributed by atoms with Crippen LogP contribution in [-0.2, 0) is 27.7 Å². The maximum absolute atomic E-state index is 12.8. The van der Waals surface area contributed by atoms with Crippen molar-refractivity contribution in [2.45, 2.75) is 50.5 Å². The fourth-order valence-corrected chi connectivity index (χ4v) is 6.23. The van der Waals surface area contributed by atoms with Gasteiger partial charge in [-0.3, -0.25) is 4.79 Å². The number of aryl methyl sites for hydroxylation is 3. The lowest BCUT2D eigenvalue weighted by molar-refractivity contribution is -0.120. The summed E-state index contributed by atoms with van der Waals surface area (Å²) in [5, 5.41) is 6.85. The molecule has 4 rings (SSSR count). The molecule has 1 atom stereocenters. The maximum Gasteiger partial charge on any atom is 0.242 e. The van der Waals surface area contributed by atoms with Gasteiger partial charge in [0, 0.05) is 11.3 Å². The fraction of sp³-hybridized carbons (Fsp3) is 0.381. The number of sulfonamides is 1. The summed E-state index contributed by atoms with van der Waals surface area (Å²) < 4.78 is 33.1. The van der Waals surface area contributed by atoms with Gasteiger partial charge in [-0.05, 0) is 43.4 Å². The van der Waals surface area contributed by atoms with Crippen LogP contribution in [0.1, 0.15) is 47.7 Å². The second-order valence-electron chi connectivity index (χ2n) is 7.43. The molecule has 0 fully saturated rings. The topological polar surface area (TPSA) is 114 Å². The summed E-state index contributed by atoms with van der Waals surface area (Å²) >= 11 is 1.27. The first-order valence-electron chi connectivity index (χ1n) is 10.2. The summed E-state index contributed by atoms with van der Waals surface area (Å²) in [7, 11) is -3.86. The maximum atomic E-state index is 12.8. The molecule has 2 heterocycles. The lowest BCUT2D eigenvalue weighted by Crippen LogP contribution is -2.39. The van der Waals surface area contributed by atoms with Gasteiger partial charge in [0.25, 0.3) is 0 Å². The lowest BCUT2D eigenvalue weighted by Gasteiger charge is -2.26. The molecule has 8 nitrogen and oxygen atoms in total. The molecule has 3 aromatic rings. The third-order valence-corrected chi connectivity index (χ3v) is 7.98. The molecule has 10 heteroatoms. The van der Waals surface area contributed by atoms with Crippen molar-refractivity contribution >= 4 is 27.3 Å². The summed E-state index contributed by atoms with van der Waals surface area (Å²) in [6.45, 7) is 3.28. The first-order chi connectivity index (χ1) is 14.9. The number of benzene rings is 1. The van der Waals surface area contributed by atoms with Gasteiger partial charge in [-0.15, -0.1) is 11.3 Å². The molecule has 0 unspecified atom stereocenters. The van der Waals surface area contributed by atoms with Crippen LogP contribution in [0, 0.1) is 6.92 Å². The van der Waals surface area contributed by atoms with Crippen molar-refractivity contribution in [1.29, 1.82) is 0 Å². The highest BCUT2D eigenvalue weighted by atomic mass is 32.2. The lowest BCUT2D eigenvalue weighted by atomic mass is 9.88. The summed E-state index contributed by atoms with van der Waals surface area (Å²) in [6.07, 6.45) is 3.42. The second-order valence-corrected chi connectivity index (χ2v) is 10.4. The van der Waals surface area contributed by atoms with Crippen molar-refractivity contribution < 1.29 is 17.7 Å². The Kier molecular flexibility index (Phi) is 6.22. The van der Waals surface area contributed by atoms with Crippen molar-refractivity contribution in [2.75, 3.05) is 6.54 Å². The number of fused-ring (bicyclic) bond motifs is 1. The number of hydrogen-bond acceptors (Lipinski definition) is 7. The third-order valence-electron chi connectivity index (χ3n) is 5.28. The summed E-state index contributed by atoms with van der Waals surface area (Å²) in [5.74, 6) is 0.494. The Bertz CT molecular complexity index is 1200. The fourth-order valence-electron chi connectivity index (χ4n) is 3.73. The van der Waals surface area contributed by atoms with Gasteiger partial charge < -0.3 is 9.84 Å². The number of amides is 1. The van der Waals surface area contributed by atoms with Gasteiger partial charge in [-0.25, -0.2) is 13.1 Å².